The summed E-state index contributed by atoms with van der Waals surface area (Å²) in [6.07, 6.45) is -2.33. The molecule has 0 unspecified atom stereocenters. The summed E-state index contributed by atoms with van der Waals surface area (Å²) in [6, 6.07) is 0. The average Bonchev–Trinajstić information content (AvgIpc) is 1.45. The van der Waals surface area contributed by atoms with Crippen molar-refractivity contribution in [1.82, 2.24) is 0 Å². The first-order chi connectivity index (χ1) is 5.73. The molecule has 0 heterocycles. The Morgan fingerprint density at radius 3 is 0.824 bits per heavy atom. The Hall–Kier alpha value is 2.90. The van der Waals surface area contributed by atoms with Gasteiger partial charge >= 0.3 is 114 Å². The summed E-state index contributed by atoms with van der Waals surface area (Å²) in [5.41, 5.74) is 0. The Balaban J connectivity index is -0.0000000247. The fourth-order valence-electron chi connectivity index (χ4n) is 0. The van der Waals surface area contributed by atoms with Crippen LogP contribution in [0.3, 0.4) is 0 Å². The van der Waals surface area contributed by atoms with Gasteiger partial charge in [0.05, 0.1) is 0 Å². The van der Waals surface area contributed by atoms with Crippen molar-refractivity contribution in [3.63, 3.8) is 0 Å². The molecule has 0 rings (SSSR count). The van der Waals surface area contributed by atoms with E-state index in [1.165, 1.54) is 0 Å². The minimum atomic E-state index is -5.36. The fraction of sp³-hybridized carbons (Fsp3) is 0. The molecular weight excluding hydrogens is 347 g/mol. The molecule has 0 radical (unpaired) electrons. The zero-order valence-electron chi connectivity index (χ0n) is 8.60. The third-order valence-corrected chi connectivity index (χ3v) is 0. The second-order valence-electron chi connectivity index (χ2n) is 1.37. The van der Waals surface area contributed by atoms with Gasteiger partial charge in [-0.05, 0) is 6.16 Å². The number of hydrogen-bond acceptors (Lipinski definition) is 11. The van der Waals surface area contributed by atoms with Crippen LogP contribution in [-0.2, 0) is 0 Å². The number of hydrogen-bond donors (Lipinski definition) is 5. The Morgan fingerprint density at radius 1 is 0.824 bits per heavy atom. The van der Waals surface area contributed by atoms with Gasteiger partial charge in [0.15, 0.2) is 0 Å². The first kappa shape index (κ1) is 36.8. The Kier molecular flexibility index (Phi) is 40.9. The topological polar surface area (TPSA) is 234 Å². The van der Waals surface area contributed by atoms with Gasteiger partial charge in [0.2, 0.25) is 0 Å². The number of carbonyl (C=O) groups is 1. The van der Waals surface area contributed by atoms with Gasteiger partial charge in [0, 0.05) is 0 Å². The monoisotopic (exact) mass is 352 g/mol. The molecule has 0 aromatic carbocycles. The summed E-state index contributed by atoms with van der Waals surface area (Å²) in [5.74, 6) is 0. The number of rotatable bonds is 0. The first-order valence-corrected chi connectivity index (χ1v) is 5.80. The van der Waals surface area contributed by atoms with E-state index in [0.717, 1.165) is 0 Å². The zero-order valence-corrected chi connectivity index (χ0v) is 17.0. The van der Waals surface area contributed by atoms with E-state index in [0.29, 0.717) is 0 Å². The average molecular weight is 352 g/mol. The molecule has 0 aliphatic rings. The molecule has 88 valence electrons. The van der Waals surface area contributed by atoms with Crippen molar-refractivity contribution in [2.75, 3.05) is 0 Å². The molecule has 16 heteroatoms. The first-order valence-electron chi connectivity index (χ1n) is 2.34. The number of carboxylic acid groups (broad SMARTS) is 2. The van der Waals surface area contributed by atoms with E-state index in [-0.39, 0.29) is 105 Å². The van der Waals surface area contributed by atoms with E-state index < -0.39 is 24.3 Å². The van der Waals surface area contributed by atoms with E-state index in [9.17, 15) is 0 Å². The van der Waals surface area contributed by atoms with Crippen LogP contribution in [0, 0.1) is 0 Å². The van der Waals surface area contributed by atoms with Crippen molar-refractivity contribution in [3.8, 4) is 0 Å². The van der Waals surface area contributed by atoms with Crippen LogP contribution in [0.4, 0.5) is 4.79 Å². The van der Waals surface area contributed by atoms with E-state index in [4.69, 9.17) is 53.4 Å². The number of carbonyl (C=O) groups excluding carboxylic acids is 1. The molecule has 11 nitrogen and oxygen atoms in total. The molecule has 17 heavy (non-hydrogen) atoms. The van der Waals surface area contributed by atoms with Crippen molar-refractivity contribution in [3.05, 3.63) is 0 Å². The van der Waals surface area contributed by atoms with Crippen LogP contribution in [0.25, 0.3) is 0 Å². The zero-order chi connectivity index (χ0) is 12.6. The van der Waals surface area contributed by atoms with Crippen molar-refractivity contribution in [2.24, 2.45) is 0 Å². The van der Waals surface area contributed by atoms with Crippen LogP contribution in [0.15, 0.2) is 0 Å². The molecule has 5 N–H and O–H groups in total. The van der Waals surface area contributed by atoms with Crippen molar-refractivity contribution < 1.29 is 82.9 Å². The minimum Gasteiger partial charge on any atom is -0.861 e. The molecule has 0 atom stereocenters. The maximum absolute atomic E-state index is 8.69. The second kappa shape index (κ2) is 18.9. The molecule has 0 spiro atoms. The van der Waals surface area contributed by atoms with Gasteiger partial charge in [-0.3, -0.25) is 0 Å². The third kappa shape index (κ3) is 641. The summed E-state index contributed by atoms with van der Waals surface area (Å²) in [6.45, 7) is 0. The normalized spacial score (nSPS) is 8.47. The summed E-state index contributed by atoms with van der Waals surface area (Å²) < 4.78 is 0. The predicted octanol–water partition coefficient (Wildman–Crippen LogP) is -13.3. The third-order valence-electron chi connectivity index (χ3n) is 0. The maximum atomic E-state index is 8.69. The Bertz CT molecular complexity index is 127. The van der Waals surface area contributed by atoms with Gasteiger partial charge < -0.3 is 53.4 Å². The molecule has 0 aromatic heterocycles. The minimum absolute atomic E-state index is 0. The maximum Gasteiger partial charge on any atom is 2.00 e. The van der Waals surface area contributed by atoms with E-state index in [2.05, 4.69) is 0 Å². The summed E-state index contributed by atoms with van der Waals surface area (Å²) in [5, 5.41) is 16.7. The quantitative estimate of drug-likeness (QED) is 0.256. The standard InChI is InChI=1S/CH2O3.2Ca.Na.H4O4Si.HO4Si/c2-1(3)4;;;;2*1-5(2,3)4/h(H2,2,3,4);;;;1-4H;1H/q;2*+2;+1;;-3/p-2. The van der Waals surface area contributed by atoms with Crippen LogP contribution in [0.1, 0.15) is 0 Å². The van der Waals surface area contributed by atoms with E-state index in [1.54, 1.807) is 0 Å². The van der Waals surface area contributed by atoms with Gasteiger partial charge in [-0.2, -0.15) is 0 Å². The molecule has 0 bridgehead atoms. The molecular formula is CH5Ca2NaO11Si2. The van der Waals surface area contributed by atoms with Crippen LogP contribution in [-0.4, -0.2) is 124 Å². The SMILES string of the molecule is O=C([O-])[O-].O[Si](O)(O)O.[Ca+2].[Ca+2].[Na+].[O-][Si]([O-])([O-])O. The van der Waals surface area contributed by atoms with Crippen molar-refractivity contribution in [2.45, 2.75) is 0 Å². The molecule has 0 saturated carbocycles. The Morgan fingerprint density at radius 2 is 0.824 bits per heavy atom. The van der Waals surface area contributed by atoms with Gasteiger partial charge in [-0.15, -0.1) is 9.05 Å². The van der Waals surface area contributed by atoms with Crippen LogP contribution >= 0.6 is 0 Å². The van der Waals surface area contributed by atoms with Gasteiger partial charge in [-0.25, -0.2) is 0 Å². The largest absolute Gasteiger partial charge is 2.00 e. The van der Waals surface area contributed by atoms with Gasteiger partial charge in [0.25, 0.3) is 0 Å². The summed E-state index contributed by atoms with van der Waals surface area (Å²) >= 11 is 0. The van der Waals surface area contributed by atoms with E-state index in [1.807, 2.05) is 0 Å². The van der Waals surface area contributed by atoms with E-state index >= 15 is 0 Å². The molecule has 0 amide bonds. The molecule has 0 fully saturated rings. The van der Waals surface area contributed by atoms with Crippen LogP contribution in [0.5, 0.6) is 0 Å². The summed E-state index contributed by atoms with van der Waals surface area (Å²) in [4.78, 5) is 70.7. The smallest absolute Gasteiger partial charge is 0.861 e. The van der Waals surface area contributed by atoms with Crippen molar-refractivity contribution >= 4 is 99.7 Å². The fourth-order valence-corrected chi connectivity index (χ4v) is 0. The van der Waals surface area contributed by atoms with Crippen LogP contribution < -0.4 is 54.2 Å². The second-order valence-corrected chi connectivity index (χ2v) is 3.62. The van der Waals surface area contributed by atoms with Gasteiger partial charge in [0.1, 0.15) is 0 Å². The van der Waals surface area contributed by atoms with Crippen LogP contribution in [0.2, 0.25) is 0 Å². The molecule has 0 aliphatic carbocycles. The van der Waals surface area contributed by atoms with Gasteiger partial charge in [-0.1, -0.05) is 0 Å². The van der Waals surface area contributed by atoms with Crippen molar-refractivity contribution in [1.29, 1.82) is 0 Å². The Labute approximate surface area is 179 Å². The molecule has 0 aromatic rings. The molecule has 0 saturated heterocycles. The molecule has 0 aliphatic heterocycles. The summed E-state index contributed by atoms with van der Waals surface area (Å²) in [7, 11) is -9.97. The predicted molar refractivity (Wildman–Crippen MR) is 39.5 cm³/mol.